The van der Waals surface area contributed by atoms with Crippen molar-refractivity contribution in [2.75, 3.05) is 14.2 Å². The van der Waals surface area contributed by atoms with Gasteiger partial charge in [-0.3, -0.25) is 0 Å². The molecule has 0 heterocycles. The van der Waals surface area contributed by atoms with Gasteiger partial charge in [-0.1, -0.05) is 55.4 Å². The molecule has 190 valence electrons. The molecule has 4 nitrogen and oxygen atoms in total. The normalized spacial score (nSPS) is 11.9. The van der Waals surface area contributed by atoms with Crippen molar-refractivity contribution in [3.05, 3.63) is 35.4 Å². The first-order valence-electron chi connectivity index (χ1n) is 12.2. The fourth-order valence-electron chi connectivity index (χ4n) is 4.20. The van der Waals surface area contributed by atoms with E-state index in [0.29, 0.717) is 22.6 Å². The van der Waals surface area contributed by atoms with Crippen LogP contribution in [0.25, 0.3) is 11.1 Å². The van der Waals surface area contributed by atoms with Crippen molar-refractivity contribution in [2.24, 2.45) is 0 Å². The average molecular weight is 507 g/mol. The molecule has 0 aliphatic heterocycles. The lowest BCUT2D eigenvalue weighted by atomic mass is 9.98. The van der Waals surface area contributed by atoms with Crippen LogP contribution in [0, 0.1) is 13.8 Å². The summed E-state index contributed by atoms with van der Waals surface area (Å²) in [5, 5.41) is 0. The third kappa shape index (κ3) is 6.79. The molecule has 0 saturated carbocycles. The minimum Gasteiger partial charge on any atom is -0.493 e. The van der Waals surface area contributed by atoms with Crippen molar-refractivity contribution in [1.82, 2.24) is 0 Å². The minimum atomic E-state index is -0.707. The quantitative estimate of drug-likeness (QED) is 0.285. The second-order valence-electron chi connectivity index (χ2n) is 9.97. The number of rotatable bonds is 11. The monoisotopic (exact) mass is 506 g/mol. The van der Waals surface area contributed by atoms with E-state index in [0.717, 1.165) is 45.3 Å². The molecule has 0 fully saturated rings. The lowest BCUT2D eigenvalue weighted by molar-refractivity contribution is 0.395. The Balaban J connectivity index is 2.84. The van der Waals surface area contributed by atoms with Crippen molar-refractivity contribution in [1.29, 1.82) is 0 Å². The molecule has 34 heavy (non-hydrogen) atoms. The maximum Gasteiger partial charge on any atom is 0.173 e. The summed E-state index contributed by atoms with van der Waals surface area (Å²) in [6, 6.07) is 8.46. The molecule has 2 aromatic rings. The summed E-state index contributed by atoms with van der Waals surface area (Å²) in [7, 11) is 2.01. The number of methoxy groups -OCH3 is 2. The van der Waals surface area contributed by atoms with E-state index < -0.39 is 16.3 Å². The molecule has 0 amide bonds. The van der Waals surface area contributed by atoms with Crippen LogP contribution in [0.2, 0.25) is 0 Å². The van der Waals surface area contributed by atoms with Gasteiger partial charge in [-0.15, -0.1) is 0 Å². The zero-order valence-electron chi connectivity index (χ0n) is 23.1. The Morgan fingerprint density at radius 2 is 0.824 bits per heavy atom. The first-order chi connectivity index (χ1) is 15.9. The zero-order chi connectivity index (χ0) is 25.7. The number of benzene rings is 2. The van der Waals surface area contributed by atoms with Crippen LogP contribution in [-0.2, 0) is 0 Å². The van der Waals surface area contributed by atoms with Gasteiger partial charge in [0.25, 0.3) is 0 Å². The molecule has 0 aliphatic rings. The number of ether oxygens (including phenoxy) is 2. The summed E-state index contributed by atoms with van der Waals surface area (Å²) in [6.07, 6.45) is 0. The molecule has 0 aliphatic carbocycles. The third-order valence-corrected chi connectivity index (χ3v) is 10.4. The summed E-state index contributed by atoms with van der Waals surface area (Å²) >= 11 is 0. The average Bonchev–Trinajstić information content (AvgIpc) is 2.74. The molecular weight excluding hydrogens is 462 g/mol. The van der Waals surface area contributed by atoms with E-state index in [1.165, 1.54) is 0 Å². The molecule has 0 aromatic heterocycles. The number of hydrogen-bond acceptors (Lipinski definition) is 4. The predicted molar refractivity (Wildman–Crippen MR) is 150 cm³/mol. The highest BCUT2D eigenvalue weighted by Crippen LogP contribution is 2.57. The highest BCUT2D eigenvalue weighted by molar-refractivity contribution is 7.54. The Morgan fingerprint density at radius 1 is 0.529 bits per heavy atom. The fraction of sp³-hybridized carbons (Fsp3) is 0.571. The van der Waals surface area contributed by atoms with Gasteiger partial charge in [0.05, 0.1) is 30.5 Å². The summed E-state index contributed by atoms with van der Waals surface area (Å²) in [5.74, 6) is 3.09. The van der Waals surface area contributed by atoms with Crippen LogP contribution in [0.1, 0.15) is 66.5 Å². The molecule has 6 heteroatoms. The molecule has 2 aromatic carbocycles. The summed E-state index contributed by atoms with van der Waals surface area (Å²) in [5.41, 5.74) is 5.89. The molecule has 0 spiro atoms. The Labute approximate surface area is 210 Å². The van der Waals surface area contributed by atoms with E-state index >= 15 is 0 Å². The molecule has 0 unspecified atom stereocenters. The van der Waals surface area contributed by atoms with Crippen molar-refractivity contribution >= 4 is 16.3 Å². The second-order valence-corrected chi connectivity index (χ2v) is 15.9. The zero-order valence-corrected chi connectivity index (χ0v) is 24.9. The fourth-order valence-corrected chi connectivity index (χ4v) is 8.22. The molecule has 0 radical (unpaired) electrons. The number of hydrogen-bond donors (Lipinski definition) is 0. The Hall–Kier alpha value is -1.50. The molecule has 0 N–H and O–H groups in total. The van der Waals surface area contributed by atoms with Crippen LogP contribution in [0.15, 0.2) is 24.3 Å². The Bertz CT molecular complexity index is 860. The highest BCUT2D eigenvalue weighted by atomic mass is 31.1. The topological polar surface area (TPSA) is 36.9 Å². The summed E-state index contributed by atoms with van der Waals surface area (Å²) in [4.78, 5) is 0. The largest absolute Gasteiger partial charge is 0.493 e. The molecule has 2 rings (SSSR count). The molecule has 0 atom stereocenters. The summed E-state index contributed by atoms with van der Waals surface area (Å²) in [6.45, 7) is 22.0. The van der Waals surface area contributed by atoms with Crippen LogP contribution in [0.5, 0.6) is 23.0 Å². The van der Waals surface area contributed by atoms with Gasteiger partial charge in [-0.25, -0.2) is 0 Å². The van der Waals surface area contributed by atoms with E-state index in [9.17, 15) is 0 Å². The lowest BCUT2D eigenvalue weighted by Crippen LogP contribution is -2.11. The smallest absolute Gasteiger partial charge is 0.173 e. The van der Waals surface area contributed by atoms with Gasteiger partial charge in [-0.05, 0) is 49.2 Å². The van der Waals surface area contributed by atoms with E-state index in [2.05, 4.69) is 93.5 Å². The van der Waals surface area contributed by atoms with E-state index in [1.807, 2.05) is 0 Å². The van der Waals surface area contributed by atoms with Gasteiger partial charge in [0, 0.05) is 33.8 Å². The van der Waals surface area contributed by atoms with Crippen molar-refractivity contribution in [2.45, 2.75) is 91.9 Å². The molecular formula is C28H44O4P2. The van der Waals surface area contributed by atoms with E-state index in [1.54, 1.807) is 14.2 Å². The van der Waals surface area contributed by atoms with Crippen LogP contribution in [-0.4, -0.2) is 36.9 Å². The van der Waals surface area contributed by atoms with Crippen LogP contribution < -0.4 is 18.5 Å². The second kappa shape index (κ2) is 12.5. The van der Waals surface area contributed by atoms with Gasteiger partial charge in [0.2, 0.25) is 0 Å². The Kier molecular flexibility index (Phi) is 10.5. The van der Waals surface area contributed by atoms with Gasteiger partial charge in [0.15, 0.2) is 23.0 Å². The molecule has 0 saturated heterocycles. The minimum absolute atomic E-state index is 0.423. The van der Waals surface area contributed by atoms with Crippen molar-refractivity contribution in [3.63, 3.8) is 0 Å². The van der Waals surface area contributed by atoms with E-state index in [4.69, 9.17) is 18.5 Å². The predicted octanol–water partition coefficient (Wildman–Crippen LogP) is 9.17. The first-order valence-corrected chi connectivity index (χ1v) is 15.0. The number of aryl methyl sites for hydroxylation is 2. The van der Waals surface area contributed by atoms with Gasteiger partial charge in [0.1, 0.15) is 0 Å². The van der Waals surface area contributed by atoms with Crippen LogP contribution >= 0.6 is 16.3 Å². The van der Waals surface area contributed by atoms with Crippen molar-refractivity contribution in [3.8, 4) is 34.1 Å². The first kappa shape index (κ1) is 28.7. The van der Waals surface area contributed by atoms with Crippen molar-refractivity contribution < 1.29 is 18.5 Å². The van der Waals surface area contributed by atoms with Gasteiger partial charge in [-0.2, -0.15) is 0 Å². The van der Waals surface area contributed by atoms with Crippen LogP contribution in [0.4, 0.5) is 0 Å². The third-order valence-electron chi connectivity index (χ3n) is 5.56. The van der Waals surface area contributed by atoms with Gasteiger partial charge < -0.3 is 18.5 Å². The summed E-state index contributed by atoms with van der Waals surface area (Å²) < 4.78 is 25.3. The standard InChI is InChI=1S/C28H44O4P2/c1-17(2)33(18(3)4)31-27-23(13-21(9)15-25(27)29-11)24-14-22(10)16-26(30-12)28(24)32-34(19(5)6)20(7)8/h13-20H,1-12H3. The lowest BCUT2D eigenvalue weighted by Gasteiger charge is -2.30. The Morgan fingerprint density at radius 3 is 1.06 bits per heavy atom. The SMILES string of the molecule is COc1cc(C)cc(-c2cc(C)cc(OC)c2OP(C(C)C)C(C)C)c1OP(C(C)C)C(C)C. The van der Waals surface area contributed by atoms with Gasteiger partial charge >= 0.3 is 0 Å². The maximum absolute atomic E-state index is 6.82. The van der Waals surface area contributed by atoms with Crippen LogP contribution in [0.3, 0.4) is 0 Å². The highest BCUT2D eigenvalue weighted by Gasteiger charge is 2.28. The maximum atomic E-state index is 6.82. The molecule has 0 bridgehead atoms. The van der Waals surface area contributed by atoms with E-state index in [-0.39, 0.29) is 0 Å².